The number of fused-ring (bicyclic) bond motifs is 1. The molecule has 0 saturated carbocycles. The van der Waals surface area contributed by atoms with Gasteiger partial charge in [-0.05, 0) is 0 Å². The van der Waals surface area contributed by atoms with Crippen LogP contribution in [0.15, 0.2) is 0 Å². The van der Waals surface area contributed by atoms with E-state index in [9.17, 15) is 14.4 Å². The van der Waals surface area contributed by atoms with Crippen LogP contribution >= 0.6 is 24.0 Å². The van der Waals surface area contributed by atoms with Gasteiger partial charge in [0.05, 0.1) is 5.25 Å². The van der Waals surface area contributed by atoms with Gasteiger partial charge < -0.3 is 24.3 Å². The zero-order valence-electron chi connectivity index (χ0n) is 12.8. The molecule has 0 amide bonds. The summed E-state index contributed by atoms with van der Waals surface area (Å²) in [5.74, 6) is -1.57. The van der Waals surface area contributed by atoms with Gasteiger partial charge in [-0.25, -0.2) is 0 Å². The molecule has 2 rings (SSSR count). The molecule has 0 spiro atoms. The Balaban J connectivity index is 2.25. The smallest absolute Gasteiger partial charge is 0.303 e. The first-order chi connectivity index (χ1) is 10.8. The van der Waals surface area contributed by atoms with Crippen molar-refractivity contribution in [3.05, 3.63) is 0 Å². The first kappa shape index (κ1) is 18.0. The minimum atomic E-state index is -0.896. The Morgan fingerprint density at radius 2 is 1.74 bits per heavy atom. The van der Waals surface area contributed by atoms with Crippen molar-refractivity contribution in [1.29, 1.82) is 0 Å². The number of nitrogens with one attached hydrogen (secondary N) is 1. The molecule has 0 aromatic rings. The number of carbonyl (C=O) groups is 3. The molecule has 128 valence electrons. The summed E-state index contributed by atoms with van der Waals surface area (Å²) < 4.78 is 21.9. The lowest BCUT2D eigenvalue weighted by molar-refractivity contribution is -0.213. The summed E-state index contributed by atoms with van der Waals surface area (Å²) in [5.41, 5.74) is 0. The molecule has 0 aliphatic carbocycles. The molecule has 2 saturated heterocycles. The number of thiocarbonyl (C=S) groups is 1. The largest absolute Gasteiger partial charge is 0.463 e. The van der Waals surface area contributed by atoms with Crippen molar-refractivity contribution in [1.82, 2.24) is 5.32 Å². The maximum absolute atomic E-state index is 11.4. The van der Waals surface area contributed by atoms with Gasteiger partial charge in [0.15, 0.2) is 12.2 Å². The summed E-state index contributed by atoms with van der Waals surface area (Å²) in [7, 11) is 0. The van der Waals surface area contributed by atoms with Gasteiger partial charge in [0.2, 0.25) is 0 Å². The molecule has 8 nitrogen and oxygen atoms in total. The van der Waals surface area contributed by atoms with Crippen LogP contribution in [-0.4, -0.2) is 58.6 Å². The predicted octanol–water partition coefficient (Wildman–Crippen LogP) is 0.128. The zero-order valence-corrected chi connectivity index (χ0v) is 14.4. The van der Waals surface area contributed by atoms with Crippen LogP contribution in [-0.2, 0) is 33.3 Å². The van der Waals surface area contributed by atoms with Crippen LogP contribution in [0, 0.1) is 0 Å². The normalized spacial score (nSPS) is 32.5. The molecule has 0 aromatic heterocycles. The number of carbonyl (C=O) groups excluding carboxylic acids is 3. The number of hydrogen-bond donors (Lipinski definition) is 1. The third kappa shape index (κ3) is 4.55. The lowest BCUT2D eigenvalue weighted by Crippen LogP contribution is -2.61. The van der Waals surface area contributed by atoms with Gasteiger partial charge in [0.1, 0.15) is 23.3 Å². The zero-order chi connectivity index (χ0) is 17.1. The molecule has 2 heterocycles. The number of rotatable bonds is 4. The van der Waals surface area contributed by atoms with Crippen molar-refractivity contribution in [2.24, 2.45) is 0 Å². The van der Waals surface area contributed by atoms with Crippen LogP contribution in [0.2, 0.25) is 0 Å². The highest BCUT2D eigenvalue weighted by Crippen LogP contribution is 2.37. The molecule has 0 radical (unpaired) electrons. The number of thioether (sulfide) groups is 1. The summed E-state index contributed by atoms with van der Waals surface area (Å²) in [4.78, 5) is 33.9. The molecule has 0 bridgehead atoms. The third-order valence-corrected chi connectivity index (χ3v) is 4.72. The first-order valence-corrected chi connectivity index (χ1v) is 8.17. The van der Waals surface area contributed by atoms with E-state index in [4.69, 9.17) is 31.2 Å². The average Bonchev–Trinajstić information content (AvgIpc) is 2.78. The predicted molar refractivity (Wildman–Crippen MR) is 83.5 cm³/mol. The minimum absolute atomic E-state index is 0.132. The highest BCUT2D eigenvalue weighted by Gasteiger charge is 2.53. The second kappa shape index (κ2) is 7.45. The van der Waals surface area contributed by atoms with Crippen LogP contribution in [0.25, 0.3) is 0 Å². The summed E-state index contributed by atoms with van der Waals surface area (Å²) in [6, 6.07) is 0. The molecule has 0 aromatic carbocycles. The summed E-state index contributed by atoms with van der Waals surface area (Å²) >= 11 is 6.39. The first-order valence-electron chi connectivity index (χ1n) is 6.88. The van der Waals surface area contributed by atoms with E-state index in [0.29, 0.717) is 4.32 Å². The molecule has 5 atom stereocenters. The van der Waals surface area contributed by atoms with E-state index in [1.807, 2.05) is 0 Å². The molecule has 2 aliphatic rings. The van der Waals surface area contributed by atoms with Crippen molar-refractivity contribution >= 4 is 46.2 Å². The van der Waals surface area contributed by atoms with Gasteiger partial charge in [-0.2, -0.15) is 0 Å². The van der Waals surface area contributed by atoms with Crippen LogP contribution in [0.3, 0.4) is 0 Å². The van der Waals surface area contributed by atoms with Crippen molar-refractivity contribution in [3.63, 3.8) is 0 Å². The molecular weight excluding hydrogens is 346 g/mol. The fraction of sp³-hybridized carbons (Fsp3) is 0.692. The Hall–Kier alpha value is -1.39. The van der Waals surface area contributed by atoms with Gasteiger partial charge in [-0.3, -0.25) is 14.4 Å². The van der Waals surface area contributed by atoms with Gasteiger partial charge >= 0.3 is 17.9 Å². The molecule has 2 fully saturated rings. The van der Waals surface area contributed by atoms with Gasteiger partial charge in [-0.15, -0.1) is 0 Å². The second-order valence-electron chi connectivity index (χ2n) is 5.06. The van der Waals surface area contributed by atoms with Crippen LogP contribution in [0.4, 0.5) is 0 Å². The van der Waals surface area contributed by atoms with E-state index in [1.165, 1.54) is 32.5 Å². The Kier molecular flexibility index (Phi) is 5.82. The topological polar surface area (TPSA) is 100 Å². The molecule has 1 N–H and O–H groups in total. The Labute approximate surface area is 142 Å². The van der Waals surface area contributed by atoms with E-state index in [1.54, 1.807) is 0 Å². The second-order valence-corrected chi connectivity index (χ2v) is 6.92. The Morgan fingerprint density at radius 3 is 2.30 bits per heavy atom. The fourth-order valence-electron chi connectivity index (χ4n) is 2.43. The lowest BCUT2D eigenvalue weighted by Gasteiger charge is -2.41. The standard InChI is InChI=1S/C13H17NO7S2/c1-5(15)18-4-8-9(19-6(2)16)10(20-7(3)17)11-12(21-8)14-13(22)23-11/h8-12H,4H2,1-3H3,(H,14,22)/t8-,9-,10+,11+,12-/m1/s1. The number of esters is 3. The quantitative estimate of drug-likeness (QED) is 0.421. The highest BCUT2D eigenvalue weighted by atomic mass is 32.2. The maximum Gasteiger partial charge on any atom is 0.303 e. The summed E-state index contributed by atoms with van der Waals surface area (Å²) in [6.45, 7) is 3.63. The van der Waals surface area contributed by atoms with Crippen LogP contribution < -0.4 is 5.32 Å². The average molecular weight is 363 g/mol. The summed E-state index contributed by atoms with van der Waals surface area (Å²) in [6.07, 6.45) is -2.97. The highest BCUT2D eigenvalue weighted by molar-refractivity contribution is 8.23. The van der Waals surface area contributed by atoms with Crippen LogP contribution in [0.5, 0.6) is 0 Å². The molecule has 10 heteroatoms. The van der Waals surface area contributed by atoms with E-state index >= 15 is 0 Å². The van der Waals surface area contributed by atoms with Crippen molar-refractivity contribution < 1.29 is 33.3 Å². The Bertz CT molecular complexity index is 526. The molecule has 0 unspecified atom stereocenters. The van der Waals surface area contributed by atoms with E-state index in [0.717, 1.165) is 0 Å². The minimum Gasteiger partial charge on any atom is -0.463 e. The van der Waals surface area contributed by atoms with Crippen molar-refractivity contribution in [2.75, 3.05) is 6.61 Å². The van der Waals surface area contributed by atoms with Crippen molar-refractivity contribution in [2.45, 2.75) is 50.6 Å². The van der Waals surface area contributed by atoms with E-state index in [-0.39, 0.29) is 11.9 Å². The monoisotopic (exact) mass is 363 g/mol. The van der Waals surface area contributed by atoms with Gasteiger partial charge in [0.25, 0.3) is 0 Å². The maximum atomic E-state index is 11.4. The third-order valence-electron chi connectivity index (χ3n) is 3.19. The molecular formula is C13H17NO7S2. The van der Waals surface area contributed by atoms with E-state index in [2.05, 4.69) is 5.32 Å². The van der Waals surface area contributed by atoms with Crippen LogP contribution in [0.1, 0.15) is 20.8 Å². The van der Waals surface area contributed by atoms with Gasteiger partial charge in [-0.1, -0.05) is 24.0 Å². The fourth-order valence-corrected chi connectivity index (χ4v) is 3.91. The summed E-state index contributed by atoms with van der Waals surface area (Å²) in [5, 5.41) is 2.59. The van der Waals surface area contributed by atoms with Crippen molar-refractivity contribution in [3.8, 4) is 0 Å². The van der Waals surface area contributed by atoms with E-state index < -0.39 is 42.4 Å². The lowest BCUT2D eigenvalue weighted by atomic mass is 10.00. The van der Waals surface area contributed by atoms with Gasteiger partial charge in [0, 0.05) is 20.8 Å². The molecule has 2 aliphatic heterocycles. The molecule has 23 heavy (non-hydrogen) atoms. The Morgan fingerprint density at radius 1 is 1.13 bits per heavy atom. The number of ether oxygens (including phenoxy) is 4. The number of hydrogen-bond acceptors (Lipinski definition) is 9. The SMILES string of the molecule is CC(=O)OC[C@H]1O[C@H]2NC(=S)S[C@H]2[C@@H](OC(C)=O)[C@@H]1OC(C)=O.